The Morgan fingerprint density at radius 2 is 0.519 bits per heavy atom. The van der Waals surface area contributed by atoms with Gasteiger partial charge in [-0.2, -0.15) is 0 Å². The van der Waals surface area contributed by atoms with Crippen molar-refractivity contribution < 1.29 is 16.5 Å². The molecule has 1 saturated heterocycles. The molecule has 54 heavy (non-hydrogen) atoms. The first kappa shape index (κ1) is 36.2. The third-order valence-electron chi connectivity index (χ3n) is 10.1. The van der Waals surface area contributed by atoms with Crippen LogP contribution in [0, 0.1) is 6.92 Å². The minimum absolute atomic E-state index is 0.668. The monoisotopic (exact) mass is 771 g/mol. The summed E-state index contributed by atoms with van der Waals surface area (Å²) in [5.74, 6) is 0. The summed E-state index contributed by atoms with van der Waals surface area (Å²) in [5.41, 5.74) is 0. The molecule has 7 aromatic rings. The summed E-state index contributed by atoms with van der Waals surface area (Å²) in [6.07, 6.45) is 1.54. The lowest BCUT2D eigenvalue weighted by atomic mass is 10.4. The van der Waals surface area contributed by atoms with E-state index in [1.54, 1.807) is 0 Å². The minimum Gasteiger partial charge on any atom is -0.405 e. The van der Waals surface area contributed by atoms with Gasteiger partial charge in [0.05, 0.1) is 0 Å². The second kappa shape index (κ2) is 15.9. The Morgan fingerprint density at radius 1 is 0.296 bits per heavy atom. The first-order valence-corrected chi connectivity index (χ1v) is 26.1. The van der Waals surface area contributed by atoms with Gasteiger partial charge >= 0.3 is 34.2 Å². The molecule has 0 saturated carbocycles. The molecule has 0 amide bonds. The molecule has 0 N–H and O–H groups in total. The highest BCUT2D eigenvalue weighted by molar-refractivity contribution is 7.14. The zero-order chi connectivity index (χ0) is 36.7. The molecule has 0 atom stereocenters. The highest BCUT2D eigenvalue weighted by Gasteiger charge is 2.67. The van der Waals surface area contributed by atoms with Crippen molar-refractivity contribution in [3.8, 4) is 0 Å². The summed E-state index contributed by atoms with van der Waals surface area (Å²) < 4.78 is 33.4. The van der Waals surface area contributed by atoms with Crippen molar-refractivity contribution in [1.29, 1.82) is 0 Å². The van der Waals surface area contributed by atoms with Gasteiger partial charge in [-0.05, 0) is 42.4 Å². The van der Waals surface area contributed by atoms with Crippen LogP contribution in [0.1, 0.15) is 12.8 Å². The van der Waals surface area contributed by atoms with Crippen molar-refractivity contribution in [2.75, 3.05) is 0 Å². The molecule has 4 nitrogen and oxygen atoms in total. The summed E-state index contributed by atoms with van der Waals surface area (Å²) in [7, 11) is -15.0. The van der Waals surface area contributed by atoms with Crippen molar-refractivity contribution in [3.05, 3.63) is 219 Å². The highest BCUT2D eigenvalue weighted by Crippen LogP contribution is 2.34. The van der Waals surface area contributed by atoms with Gasteiger partial charge < -0.3 is 16.5 Å². The summed E-state index contributed by atoms with van der Waals surface area (Å²) in [6, 6.07) is 74.6. The van der Waals surface area contributed by atoms with E-state index in [0.717, 1.165) is 49.1 Å². The van der Waals surface area contributed by atoms with Gasteiger partial charge in [-0.15, -0.1) is 0 Å². The maximum atomic E-state index is 8.37. The largest absolute Gasteiger partial charge is 0.405 e. The van der Waals surface area contributed by atoms with Crippen molar-refractivity contribution in [2.45, 2.75) is 18.9 Å². The van der Waals surface area contributed by atoms with Crippen LogP contribution in [-0.4, -0.2) is 34.2 Å². The fourth-order valence-corrected chi connectivity index (χ4v) is 30.5. The van der Waals surface area contributed by atoms with Crippen LogP contribution in [0.25, 0.3) is 0 Å². The van der Waals surface area contributed by atoms with Gasteiger partial charge in [0.15, 0.2) is 0 Å². The first-order valence-electron chi connectivity index (χ1n) is 18.6. The molecule has 1 radical (unpaired) electrons. The normalized spacial score (nSPS) is 17.1. The molecular formula is C46H43O4Si4. The Morgan fingerprint density at radius 3 is 0.759 bits per heavy atom. The van der Waals surface area contributed by atoms with Crippen LogP contribution in [-0.2, 0) is 16.5 Å². The minimum atomic E-state index is -3.83. The van der Waals surface area contributed by atoms with Crippen LogP contribution in [0.2, 0.25) is 6.04 Å². The van der Waals surface area contributed by atoms with Gasteiger partial charge in [-0.1, -0.05) is 232 Å². The van der Waals surface area contributed by atoms with Crippen molar-refractivity contribution in [1.82, 2.24) is 0 Å². The van der Waals surface area contributed by atoms with Gasteiger partial charge in [0.1, 0.15) is 0 Å². The molecular weight excluding hydrogens is 729 g/mol. The van der Waals surface area contributed by atoms with Crippen LogP contribution < -0.4 is 36.3 Å². The maximum Gasteiger partial charge on any atom is 0.390 e. The summed E-state index contributed by atoms with van der Waals surface area (Å²) in [5, 5.41) is 7.04. The van der Waals surface area contributed by atoms with Crippen molar-refractivity contribution >= 4 is 70.6 Å². The molecule has 8 rings (SSSR count). The van der Waals surface area contributed by atoms with Crippen LogP contribution in [0.5, 0.6) is 0 Å². The summed E-state index contributed by atoms with van der Waals surface area (Å²) in [4.78, 5) is 0. The molecule has 1 fully saturated rings. The molecule has 0 spiro atoms. The fraction of sp³-hybridized carbons (Fsp3) is 0.0652. The van der Waals surface area contributed by atoms with E-state index in [4.69, 9.17) is 16.5 Å². The predicted octanol–water partition coefficient (Wildman–Crippen LogP) is 5.80. The van der Waals surface area contributed by atoms with E-state index in [0.29, 0.717) is 6.04 Å². The molecule has 1 aliphatic rings. The van der Waals surface area contributed by atoms with E-state index in [-0.39, 0.29) is 0 Å². The van der Waals surface area contributed by atoms with E-state index in [1.807, 2.05) is 0 Å². The smallest absolute Gasteiger partial charge is 0.390 e. The van der Waals surface area contributed by atoms with Gasteiger partial charge in [0.25, 0.3) is 0 Å². The lowest BCUT2D eigenvalue weighted by Gasteiger charge is -2.53. The predicted molar refractivity (Wildman–Crippen MR) is 229 cm³/mol. The van der Waals surface area contributed by atoms with E-state index < -0.39 is 34.2 Å². The average Bonchev–Trinajstić information content (AvgIpc) is 3.26. The number of unbranched alkanes of at least 4 members (excludes halogenated alkanes) is 1. The van der Waals surface area contributed by atoms with Crippen molar-refractivity contribution in [2.24, 2.45) is 0 Å². The van der Waals surface area contributed by atoms with Crippen LogP contribution in [0.15, 0.2) is 212 Å². The Hall–Kier alpha value is -4.75. The molecule has 0 bridgehead atoms. The van der Waals surface area contributed by atoms with Crippen LogP contribution >= 0.6 is 0 Å². The zero-order valence-corrected chi connectivity index (χ0v) is 34.2. The Balaban J connectivity index is 1.56. The Bertz CT molecular complexity index is 2000. The molecule has 1 heterocycles. The fourth-order valence-electron chi connectivity index (χ4n) is 7.52. The molecule has 0 aliphatic carbocycles. The SMILES string of the molecule is [CH2]CCC[Si]1(c2ccccc2)O[Si](c2ccccc2)(c2ccccc2)O[Si](c2ccccc2)(c2ccccc2)O[Si](c2ccccc2)(c2ccccc2)O1. The second-order valence-corrected chi connectivity index (χ2v) is 26.5. The Kier molecular flexibility index (Phi) is 10.7. The van der Waals surface area contributed by atoms with E-state index in [2.05, 4.69) is 219 Å². The molecule has 267 valence electrons. The second-order valence-electron chi connectivity index (χ2n) is 13.5. The van der Waals surface area contributed by atoms with Crippen LogP contribution in [0.3, 0.4) is 0 Å². The maximum absolute atomic E-state index is 8.37. The molecule has 8 heteroatoms. The molecule has 0 aromatic heterocycles. The lowest BCUT2D eigenvalue weighted by molar-refractivity contribution is 0.259. The first-order chi connectivity index (χ1) is 26.6. The zero-order valence-electron chi connectivity index (χ0n) is 30.2. The number of rotatable bonds is 10. The molecule has 0 unspecified atom stereocenters. The van der Waals surface area contributed by atoms with E-state index in [1.165, 1.54) is 0 Å². The van der Waals surface area contributed by atoms with Crippen molar-refractivity contribution in [3.63, 3.8) is 0 Å². The lowest BCUT2D eigenvalue weighted by Crippen LogP contribution is -2.86. The Labute approximate surface area is 323 Å². The number of hydrogen-bond donors (Lipinski definition) is 0. The summed E-state index contributed by atoms with van der Waals surface area (Å²) in [6.45, 7) is 4.32. The quantitative estimate of drug-likeness (QED) is 0.165. The number of benzene rings is 7. The highest BCUT2D eigenvalue weighted by atomic mass is 28.5. The molecule has 1 aliphatic heterocycles. The summed E-state index contributed by atoms with van der Waals surface area (Å²) >= 11 is 0. The third kappa shape index (κ3) is 6.76. The number of hydrogen-bond acceptors (Lipinski definition) is 4. The standard InChI is InChI=1S/C46H43O4Si4/c1-2-3-39-51(40-25-11-4-12-26-40)47-52(41-27-13-5-14-28-41,42-29-15-6-16-30-42)49-54(45-35-21-9-22-36-45,46-37-23-10-24-38-46)50-53(48-51,43-31-17-7-18-32-43)44-33-19-8-20-34-44/h4-38H,1-3,39H2. The molecule has 7 aromatic carbocycles. The van der Waals surface area contributed by atoms with Crippen LogP contribution in [0.4, 0.5) is 0 Å². The van der Waals surface area contributed by atoms with E-state index >= 15 is 0 Å². The van der Waals surface area contributed by atoms with Gasteiger partial charge in [0, 0.05) is 0 Å². The third-order valence-corrected chi connectivity index (χ3v) is 28.4. The average molecular weight is 772 g/mol. The van der Waals surface area contributed by atoms with E-state index in [9.17, 15) is 0 Å². The van der Waals surface area contributed by atoms with Gasteiger partial charge in [-0.3, -0.25) is 0 Å². The van der Waals surface area contributed by atoms with Gasteiger partial charge in [-0.25, -0.2) is 0 Å². The topological polar surface area (TPSA) is 36.9 Å². The van der Waals surface area contributed by atoms with Gasteiger partial charge in [0.2, 0.25) is 0 Å².